The molecule has 4 N–H and O–H groups in total. The van der Waals surface area contributed by atoms with Crippen LogP contribution in [0.2, 0.25) is 0 Å². The van der Waals surface area contributed by atoms with E-state index < -0.39 is 29.4 Å². The van der Waals surface area contributed by atoms with Crippen LogP contribution in [-0.4, -0.2) is 114 Å². The molecule has 58 heavy (non-hydrogen) atoms. The van der Waals surface area contributed by atoms with Crippen LogP contribution in [0.15, 0.2) is 78.0 Å². The second-order valence-corrected chi connectivity index (χ2v) is 16.2. The van der Waals surface area contributed by atoms with Crippen LogP contribution in [0.25, 0.3) is 0 Å². The Hall–Kier alpha value is -3.98. The number of carbonyl (C=O) groups is 1. The Kier molecular flexibility index (Phi) is 17.0. The van der Waals surface area contributed by atoms with Crippen molar-refractivity contribution in [2.24, 2.45) is 22.9 Å². The maximum atomic E-state index is 14.5. The fraction of sp³-hybridized carbons (Fsp3) is 0.600. The van der Waals surface area contributed by atoms with Crippen molar-refractivity contribution in [2.45, 2.75) is 95.7 Å². The summed E-state index contributed by atoms with van der Waals surface area (Å²) in [5.41, 5.74) is 2.72. The third kappa shape index (κ3) is 11.4. The Balaban J connectivity index is 1.64. The zero-order valence-corrected chi connectivity index (χ0v) is 34.4. The van der Waals surface area contributed by atoms with E-state index in [-0.39, 0.29) is 89.3 Å². The van der Waals surface area contributed by atoms with Crippen molar-refractivity contribution in [3.05, 3.63) is 84.0 Å². The van der Waals surface area contributed by atoms with Crippen LogP contribution in [-0.2, 0) is 30.4 Å². The summed E-state index contributed by atoms with van der Waals surface area (Å²) in [6.07, 6.45) is 7.90. The molecule has 2 aliphatic carbocycles. The largest absolute Gasteiger partial charge is 0.508 e. The van der Waals surface area contributed by atoms with E-state index >= 15 is 0 Å². The fourth-order valence-electron chi connectivity index (χ4n) is 8.59. The number of hydrogen-bond donors (Lipinski definition) is 4. The quantitative estimate of drug-likeness (QED) is 0.0551. The molecule has 1 amide bonds. The second kappa shape index (κ2) is 21.9. The number of hydrogen-bond acceptors (Lipinski definition) is 12. The van der Waals surface area contributed by atoms with Gasteiger partial charge in [0, 0.05) is 37.7 Å². The van der Waals surface area contributed by atoms with E-state index in [1.807, 2.05) is 51.1 Å². The smallest absolute Gasteiger partial charge is 0.410 e. The number of rotatable bonds is 23. The Morgan fingerprint density at radius 3 is 2.43 bits per heavy atom. The topological polar surface area (TPSA) is 169 Å². The first-order chi connectivity index (χ1) is 28.1. The summed E-state index contributed by atoms with van der Waals surface area (Å²) >= 11 is 0. The number of allylic oxidation sites excluding steroid dienone is 1. The summed E-state index contributed by atoms with van der Waals surface area (Å²) in [4.78, 5) is 22.2. The van der Waals surface area contributed by atoms with Gasteiger partial charge in [0.15, 0.2) is 0 Å². The minimum absolute atomic E-state index is 0.00809. The monoisotopic (exact) mass is 808 g/mol. The van der Waals surface area contributed by atoms with Crippen LogP contribution in [0.4, 0.5) is 4.79 Å². The standard InChI is InChI=1S/C45H64N2O11/c1-5-23-56-45-40(47(19-24-53-25-22-50)43(52)55-27-26-54-31-32-13-7-6-8-14-32)30-38(46-58-44(2,3)4)36-28-33(15-9-11-20-48)35(16-10-12-21-49)41(42(36)45)37-29-34(51)17-18-39(37)57-45/h5-8,13-14,17-18,28-29,33,35,40-42,48-51H,1,9-12,15-16,19-27,30-31H2,2-4H3. The van der Waals surface area contributed by atoms with Gasteiger partial charge in [-0.15, -0.1) is 6.58 Å². The number of oxime groups is 1. The zero-order chi connectivity index (χ0) is 41.5. The van der Waals surface area contributed by atoms with Gasteiger partial charge in [0.1, 0.15) is 29.7 Å². The van der Waals surface area contributed by atoms with Crippen LogP contribution in [0, 0.1) is 17.8 Å². The second-order valence-electron chi connectivity index (χ2n) is 16.2. The van der Waals surface area contributed by atoms with Crippen molar-refractivity contribution in [1.82, 2.24) is 4.90 Å². The van der Waals surface area contributed by atoms with Gasteiger partial charge in [-0.25, -0.2) is 4.79 Å². The van der Waals surface area contributed by atoms with E-state index in [2.05, 4.69) is 12.7 Å². The number of phenolic OH excluding ortho intramolecular Hbond substituents is 1. The van der Waals surface area contributed by atoms with E-state index in [1.165, 1.54) is 0 Å². The lowest BCUT2D eigenvalue weighted by Crippen LogP contribution is -2.70. The number of benzene rings is 2. The molecule has 0 aromatic heterocycles. The molecule has 0 spiro atoms. The molecule has 5 rings (SSSR count). The fourth-order valence-corrected chi connectivity index (χ4v) is 8.59. The summed E-state index contributed by atoms with van der Waals surface area (Å²) in [5.74, 6) is -1.64. The Bertz CT molecular complexity index is 1660. The van der Waals surface area contributed by atoms with E-state index in [9.17, 15) is 25.2 Å². The number of aliphatic hydroxyl groups is 3. The predicted molar refractivity (Wildman–Crippen MR) is 220 cm³/mol. The highest BCUT2D eigenvalue weighted by molar-refractivity contribution is 6.03. The molecule has 0 bridgehead atoms. The van der Waals surface area contributed by atoms with Crippen molar-refractivity contribution in [2.75, 3.05) is 59.4 Å². The van der Waals surface area contributed by atoms with Crippen LogP contribution in [0.5, 0.6) is 11.5 Å². The minimum Gasteiger partial charge on any atom is -0.508 e. The molecule has 13 nitrogen and oxygen atoms in total. The van der Waals surface area contributed by atoms with Crippen molar-refractivity contribution in [3.8, 4) is 11.5 Å². The van der Waals surface area contributed by atoms with Crippen LogP contribution in [0.3, 0.4) is 0 Å². The lowest BCUT2D eigenvalue weighted by Gasteiger charge is -2.59. The van der Waals surface area contributed by atoms with Gasteiger partial charge in [-0.2, -0.15) is 0 Å². The lowest BCUT2D eigenvalue weighted by atomic mass is 9.55. The van der Waals surface area contributed by atoms with Gasteiger partial charge >= 0.3 is 6.09 Å². The molecule has 2 aromatic rings. The summed E-state index contributed by atoms with van der Waals surface area (Å²) in [7, 11) is 0. The number of aliphatic hydroxyl groups excluding tert-OH is 3. The van der Waals surface area contributed by atoms with E-state index in [0.717, 1.165) is 42.4 Å². The van der Waals surface area contributed by atoms with Gasteiger partial charge in [-0.1, -0.05) is 60.5 Å². The maximum Gasteiger partial charge on any atom is 0.410 e. The van der Waals surface area contributed by atoms with Crippen LogP contribution >= 0.6 is 0 Å². The third-order valence-electron chi connectivity index (χ3n) is 11.0. The molecule has 6 unspecified atom stereocenters. The van der Waals surface area contributed by atoms with Crippen LogP contribution in [0.1, 0.15) is 82.8 Å². The molecule has 1 aliphatic heterocycles. The molecule has 3 aliphatic rings. The first kappa shape index (κ1) is 45.1. The molecule has 0 saturated heterocycles. The molecule has 1 saturated carbocycles. The number of ether oxygens (including phenoxy) is 5. The van der Waals surface area contributed by atoms with Crippen molar-refractivity contribution in [3.63, 3.8) is 0 Å². The normalized spacial score (nSPS) is 24.3. The number of amides is 1. The molecular weight excluding hydrogens is 744 g/mol. The van der Waals surface area contributed by atoms with Gasteiger partial charge in [0.25, 0.3) is 0 Å². The number of unbranched alkanes of at least 4 members (excludes halogenated alkanes) is 2. The lowest BCUT2D eigenvalue weighted by molar-refractivity contribution is -0.256. The van der Waals surface area contributed by atoms with Crippen LogP contribution < -0.4 is 4.74 Å². The average molecular weight is 809 g/mol. The number of carbonyl (C=O) groups excluding carboxylic acids is 1. The van der Waals surface area contributed by atoms with Gasteiger partial charge in [0.2, 0.25) is 5.79 Å². The molecular formula is C45H64N2O11. The highest BCUT2D eigenvalue weighted by Gasteiger charge is 2.65. The Morgan fingerprint density at radius 1 is 0.966 bits per heavy atom. The number of aromatic hydroxyl groups is 1. The Labute approximate surface area is 343 Å². The molecule has 1 heterocycles. The first-order valence-corrected chi connectivity index (χ1v) is 20.8. The van der Waals surface area contributed by atoms with Gasteiger partial charge < -0.3 is 48.9 Å². The molecule has 1 fully saturated rings. The minimum atomic E-state index is -1.50. The van der Waals surface area contributed by atoms with Gasteiger partial charge in [-0.3, -0.25) is 4.90 Å². The number of fused-ring (bicyclic) bond motifs is 2. The average Bonchev–Trinajstić information content (AvgIpc) is 3.21. The van der Waals surface area contributed by atoms with E-state index in [4.69, 9.17) is 33.7 Å². The SMILES string of the molecule is C=CCOC12Oc3ccc(O)cc3C3C(CCCCO)C(CCCCO)C=C(C(=NOC(C)(C)C)CC1N(CCOCCO)C(=O)OCCOCc1ccccc1)C32. The maximum absolute atomic E-state index is 14.5. The Morgan fingerprint density at radius 2 is 1.72 bits per heavy atom. The van der Waals surface area contributed by atoms with E-state index in [0.29, 0.717) is 30.9 Å². The molecule has 0 radical (unpaired) electrons. The van der Waals surface area contributed by atoms with Gasteiger partial charge in [-0.05, 0) is 87.6 Å². The summed E-state index contributed by atoms with van der Waals surface area (Å²) in [6.45, 7) is 10.6. The van der Waals surface area contributed by atoms with Crippen molar-refractivity contribution < 1.29 is 53.7 Å². The summed E-state index contributed by atoms with van der Waals surface area (Å²) in [5, 5.41) is 44.9. The summed E-state index contributed by atoms with van der Waals surface area (Å²) < 4.78 is 31.6. The van der Waals surface area contributed by atoms with E-state index in [1.54, 1.807) is 29.2 Å². The predicted octanol–water partition coefficient (Wildman–Crippen LogP) is 6.49. The highest BCUT2D eigenvalue weighted by Crippen LogP contribution is 2.62. The summed E-state index contributed by atoms with van der Waals surface area (Å²) in [6, 6.07) is 14.0. The van der Waals surface area contributed by atoms with Gasteiger partial charge in [0.05, 0.1) is 51.3 Å². The molecule has 2 aromatic carbocycles. The highest BCUT2D eigenvalue weighted by atomic mass is 16.7. The molecule has 13 heteroatoms. The zero-order valence-electron chi connectivity index (χ0n) is 34.4. The van der Waals surface area contributed by atoms with Crippen molar-refractivity contribution >= 4 is 11.8 Å². The molecule has 320 valence electrons. The third-order valence-corrected chi connectivity index (χ3v) is 11.0. The molecule has 6 atom stereocenters. The number of phenols is 1. The van der Waals surface area contributed by atoms with Crippen molar-refractivity contribution in [1.29, 1.82) is 0 Å². The number of nitrogens with zero attached hydrogens (tertiary/aromatic N) is 2. The first-order valence-electron chi connectivity index (χ1n) is 20.8.